The lowest BCUT2D eigenvalue weighted by Gasteiger charge is -2.23. The molecule has 5 nitrogen and oxygen atoms in total. The van der Waals surface area contributed by atoms with E-state index in [0.29, 0.717) is 23.3 Å². The van der Waals surface area contributed by atoms with Crippen molar-refractivity contribution in [1.29, 1.82) is 0 Å². The van der Waals surface area contributed by atoms with Crippen molar-refractivity contribution in [2.75, 3.05) is 19.1 Å². The molecule has 5 rings (SSSR count). The van der Waals surface area contributed by atoms with Gasteiger partial charge in [0.05, 0.1) is 17.1 Å². The van der Waals surface area contributed by atoms with Crippen LogP contribution in [-0.4, -0.2) is 33.9 Å². The molecule has 1 unspecified atom stereocenters. The van der Waals surface area contributed by atoms with Gasteiger partial charge < -0.3 is 9.47 Å². The highest BCUT2D eigenvalue weighted by Gasteiger charge is 2.22. The number of rotatable bonds is 5. The van der Waals surface area contributed by atoms with Gasteiger partial charge >= 0.3 is 0 Å². The zero-order valence-corrected chi connectivity index (χ0v) is 18.1. The fourth-order valence-electron chi connectivity index (χ4n) is 4.32. The molecule has 3 aromatic rings. The van der Waals surface area contributed by atoms with E-state index >= 15 is 0 Å². The molecule has 30 heavy (non-hydrogen) atoms. The maximum absolute atomic E-state index is 6.66. The summed E-state index contributed by atoms with van der Waals surface area (Å²) in [7, 11) is 0. The highest BCUT2D eigenvalue weighted by atomic mass is 35.5. The van der Waals surface area contributed by atoms with Crippen molar-refractivity contribution in [3.05, 3.63) is 58.4 Å². The molecule has 2 aliphatic rings. The van der Waals surface area contributed by atoms with Gasteiger partial charge in [0, 0.05) is 23.8 Å². The van der Waals surface area contributed by atoms with E-state index in [1.54, 1.807) is 0 Å². The molecule has 1 aliphatic carbocycles. The molecule has 0 amide bonds. The number of hydrogen-bond acceptors (Lipinski definition) is 4. The van der Waals surface area contributed by atoms with E-state index in [9.17, 15) is 0 Å². The molecule has 0 saturated carbocycles. The first kappa shape index (κ1) is 19.9. The van der Waals surface area contributed by atoms with Gasteiger partial charge in [-0.1, -0.05) is 23.7 Å². The Bertz CT molecular complexity index is 1100. The van der Waals surface area contributed by atoms with E-state index < -0.39 is 0 Å². The molecule has 0 radical (unpaired) electrons. The molecule has 0 spiro atoms. The van der Waals surface area contributed by atoms with Crippen LogP contribution < -0.4 is 4.74 Å². The molecular formula is C23H23Cl2N3O2. The maximum atomic E-state index is 6.66. The molecule has 1 aliphatic heterocycles. The lowest BCUT2D eigenvalue weighted by Crippen LogP contribution is -2.19. The Hall–Kier alpha value is -2.08. The fraction of sp³-hybridized carbons (Fsp3) is 0.391. The van der Waals surface area contributed by atoms with Crippen molar-refractivity contribution in [1.82, 2.24) is 14.8 Å². The van der Waals surface area contributed by atoms with Crippen molar-refractivity contribution in [3.63, 3.8) is 0 Å². The first-order valence-corrected chi connectivity index (χ1v) is 11.3. The average Bonchev–Trinajstić information content (AvgIpc) is 3.22. The minimum atomic E-state index is -0.0190. The fourth-order valence-corrected chi connectivity index (χ4v) is 4.71. The van der Waals surface area contributed by atoms with Crippen LogP contribution in [-0.2, 0) is 11.2 Å². The molecular weight excluding hydrogens is 421 g/mol. The van der Waals surface area contributed by atoms with Crippen LogP contribution in [0.25, 0.3) is 16.6 Å². The number of alkyl halides is 1. The van der Waals surface area contributed by atoms with Gasteiger partial charge in [-0.05, 0) is 60.9 Å². The topological polar surface area (TPSA) is 49.2 Å². The molecule has 1 saturated heterocycles. The summed E-state index contributed by atoms with van der Waals surface area (Å²) in [4.78, 5) is 4.75. The molecule has 3 heterocycles. The minimum Gasteiger partial charge on any atom is -0.491 e. The SMILES string of the molecule is ClCCOc1ccc2c(c1Cl)CCC=C2c1cnc2c(cnn2C2CCCCO2)c1. The van der Waals surface area contributed by atoms with Gasteiger partial charge in [-0.3, -0.25) is 0 Å². The predicted molar refractivity (Wildman–Crippen MR) is 119 cm³/mol. The highest BCUT2D eigenvalue weighted by molar-refractivity contribution is 6.33. The third kappa shape index (κ3) is 3.59. The molecule has 7 heteroatoms. The second kappa shape index (κ2) is 8.58. The van der Waals surface area contributed by atoms with E-state index in [0.717, 1.165) is 72.0 Å². The largest absolute Gasteiger partial charge is 0.491 e. The zero-order chi connectivity index (χ0) is 20.5. The van der Waals surface area contributed by atoms with E-state index in [1.165, 1.54) is 0 Å². The van der Waals surface area contributed by atoms with Gasteiger partial charge in [0.25, 0.3) is 0 Å². The predicted octanol–water partition coefficient (Wildman–Crippen LogP) is 5.78. The van der Waals surface area contributed by atoms with Crippen LogP contribution in [0, 0.1) is 0 Å². The smallest absolute Gasteiger partial charge is 0.160 e. The van der Waals surface area contributed by atoms with E-state index in [1.807, 2.05) is 23.1 Å². The van der Waals surface area contributed by atoms with E-state index in [4.69, 9.17) is 37.7 Å². The lowest BCUT2D eigenvalue weighted by atomic mass is 9.87. The van der Waals surface area contributed by atoms with Gasteiger partial charge in [0.2, 0.25) is 0 Å². The number of fused-ring (bicyclic) bond motifs is 2. The number of hydrogen-bond donors (Lipinski definition) is 0. The summed E-state index contributed by atoms with van der Waals surface area (Å²) in [6.07, 6.45) is 11.1. The van der Waals surface area contributed by atoms with Crippen LogP contribution in [0.4, 0.5) is 0 Å². The first-order valence-electron chi connectivity index (χ1n) is 10.4. The monoisotopic (exact) mass is 443 g/mol. The summed E-state index contributed by atoms with van der Waals surface area (Å²) in [6.45, 7) is 1.23. The Balaban J connectivity index is 1.49. The summed E-state index contributed by atoms with van der Waals surface area (Å²) in [6, 6.07) is 6.16. The second-order valence-electron chi connectivity index (χ2n) is 7.64. The van der Waals surface area contributed by atoms with Crippen molar-refractivity contribution >= 4 is 39.8 Å². The summed E-state index contributed by atoms with van der Waals surface area (Å²) in [5.74, 6) is 1.13. The van der Waals surface area contributed by atoms with Crippen LogP contribution >= 0.6 is 23.2 Å². The molecule has 0 bridgehead atoms. The molecule has 1 fully saturated rings. The van der Waals surface area contributed by atoms with Gasteiger partial charge in [-0.25, -0.2) is 9.67 Å². The number of halogens is 2. The van der Waals surface area contributed by atoms with Crippen LogP contribution in [0.5, 0.6) is 5.75 Å². The number of allylic oxidation sites excluding steroid dienone is 1. The van der Waals surface area contributed by atoms with Crippen LogP contribution in [0.1, 0.15) is 48.6 Å². The summed E-state index contributed by atoms with van der Waals surface area (Å²) >= 11 is 12.4. The Morgan fingerprint density at radius 3 is 3.00 bits per heavy atom. The Morgan fingerprint density at radius 2 is 2.17 bits per heavy atom. The zero-order valence-electron chi connectivity index (χ0n) is 16.6. The Kier molecular flexibility index (Phi) is 5.68. The summed E-state index contributed by atoms with van der Waals surface area (Å²) in [5, 5.41) is 6.26. The van der Waals surface area contributed by atoms with Crippen LogP contribution in [0.15, 0.2) is 36.7 Å². The normalized spacial score (nSPS) is 18.9. The van der Waals surface area contributed by atoms with Gasteiger partial charge in [-0.15, -0.1) is 11.6 Å². The van der Waals surface area contributed by atoms with Gasteiger partial charge in [0.1, 0.15) is 12.4 Å². The number of nitrogens with zero attached hydrogens (tertiary/aromatic N) is 3. The minimum absolute atomic E-state index is 0.0190. The molecule has 1 atom stereocenters. The second-order valence-corrected chi connectivity index (χ2v) is 8.40. The third-order valence-corrected chi connectivity index (χ3v) is 6.32. The number of benzene rings is 1. The molecule has 156 valence electrons. The Morgan fingerprint density at radius 1 is 1.23 bits per heavy atom. The van der Waals surface area contributed by atoms with Crippen molar-refractivity contribution in [2.45, 2.75) is 38.3 Å². The lowest BCUT2D eigenvalue weighted by molar-refractivity contribution is -0.0370. The quantitative estimate of drug-likeness (QED) is 0.468. The van der Waals surface area contributed by atoms with Crippen molar-refractivity contribution in [2.24, 2.45) is 0 Å². The Labute approximate surface area is 185 Å². The molecule has 2 aromatic heterocycles. The molecule has 1 aromatic carbocycles. The van der Waals surface area contributed by atoms with Crippen molar-refractivity contribution < 1.29 is 9.47 Å². The number of pyridine rings is 1. The summed E-state index contributed by atoms with van der Waals surface area (Å²) < 4.78 is 13.5. The van der Waals surface area contributed by atoms with Gasteiger partial charge in [0.15, 0.2) is 11.9 Å². The molecule has 0 N–H and O–H groups in total. The standard InChI is InChI=1S/C23H23Cl2N3O2/c24-9-11-29-20-8-7-18-17(4-3-5-19(18)22(20)25)15-12-16-14-27-28(23(16)26-13-15)21-6-1-2-10-30-21/h4,7-8,12-14,21H,1-3,5-6,9-11H2. The summed E-state index contributed by atoms with van der Waals surface area (Å²) in [5.41, 5.74) is 5.34. The third-order valence-electron chi connectivity index (χ3n) is 5.75. The van der Waals surface area contributed by atoms with Crippen LogP contribution in [0.2, 0.25) is 5.02 Å². The van der Waals surface area contributed by atoms with Gasteiger partial charge in [-0.2, -0.15) is 5.10 Å². The number of aromatic nitrogens is 3. The highest BCUT2D eigenvalue weighted by Crippen LogP contribution is 2.40. The number of ether oxygens (including phenoxy) is 2. The average molecular weight is 444 g/mol. The first-order chi connectivity index (χ1) is 14.8. The van der Waals surface area contributed by atoms with E-state index in [-0.39, 0.29) is 6.23 Å². The van der Waals surface area contributed by atoms with Crippen molar-refractivity contribution in [3.8, 4) is 5.75 Å². The van der Waals surface area contributed by atoms with Crippen LogP contribution in [0.3, 0.4) is 0 Å². The maximum Gasteiger partial charge on any atom is 0.160 e. The van der Waals surface area contributed by atoms with E-state index in [2.05, 4.69) is 23.3 Å².